The fraction of sp³-hybridized carbons (Fsp3) is 0.385. The molecule has 1 amide bonds. The Morgan fingerprint density at radius 3 is 2.58 bits per heavy atom. The molecule has 0 radical (unpaired) electrons. The van der Waals surface area contributed by atoms with Crippen molar-refractivity contribution < 1.29 is 19.1 Å². The van der Waals surface area contributed by atoms with Gasteiger partial charge in [-0.3, -0.25) is 9.59 Å². The molecule has 0 spiro atoms. The molecule has 0 aliphatic heterocycles. The van der Waals surface area contributed by atoms with Gasteiger partial charge in [0.2, 0.25) is 5.91 Å². The highest BCUT2D eigenvalue weighted by atomic mass is 35.5. The van der Waals surface area contributed by atoms with Crippen LogP contribution in [0.3, 0.4) is 0 Å². The Kier molecular flexibility index (Phi) is 4.04. The van der Waals surface area contributed by atoms with Gasteiger partial charge in [-0.25, -0.2) is 4.39 Å². The topological polar surface area (TPSA) is 66.4 Å². The number of hydrogen-bond acceptors (Lipinski definition) is 2. The predicted octanol–water partition coefficient (Wildman–Crippen LogP) is 2.92. The van der Waals surface area contributed by atoms with E-state index >= 15 is 0 Å². The van der Waals surface area contributed by atoms with Crippen LogP contribution in [0.5, 0.6) is 0 Å². The molecule has 19 heavy (non-hydrogen) atoms. The fourth-order valence-corrected chi connectivity index (χ4v) is 2.48. The minimum absolute atomic E-state index is 0.126. The maximum absolute atomic E-state index is 12.9. The van der Waals surface area contributed by atoms with Crippen molar-refractivity contribution in [1.29, 1.82) is 0 Å². The number of rotatable bonds is 3. The van der Waals surface area contributed by atoms with Crippen molar-refractivity contribution in [2.45, 2.75) is 19.3 Å². The van der Waals surface area contributed by atoms with Gasteiger partial charge < -0.3 is 10.4 Å². The first-order valence-electron chi connectivity index (χ1n) is 5.96. The molecular formula is C13H13ClFNO3. The summed E-state index contributed by atoms with van der Waals surface area (Å²) >= 11 is 5.81. The van der Waals surface area contributed by atoms with Crippen LogP contribution in [0.2, 0.25) is 5.02 Å². The molecule has 102 valence electrons. The van der Waals surface area contributed by atoms with Gasteiger partial charge in [-0.1, -0.05) is 11.6 Å². The Bertz CT molecular complexity index is 521. The normalized spacial score (nSPS) is 22.2. The second-order valence-electron chi connectivity index (χ2n) is 4.66. The van der Waals surface area contributed by atoms with Gasteiger partial charge >= 0.3 is 5.97 Å². The van der Waals surface area contributed by atoms with E-state index in [-0.39, 0.29) is 16.8 Å². The lowest BCUT2D eigenvalue weighted by Crippen LogP contribution is -2.21. The summed E-state index contributed by atoms with van der Waals surface area (Å²) in [7, 11) is 0. The average molecular weight is 286 g/mol. The molecule has 4 nitrogen and oxygen atoms in total. The molecule has 0 bridgehead atoms. The van der Waals surface area contributed by atoms with Gasteiger partial charge in [0.05, 0.1) is 16.6 Å². The maximum Gasteiger partial charge on any atom is 0.306 e. The Labute approximate surface area is 114 Å². The molecular weight excluding hydrogens is 273 g/mol. The van der Waals surface area contributed by atoms with Crippen molar-refractivity contribution >= 4 is 29.2 Å². The highest BCUT2D eigenvalue weighted by Gasteiger charge is 2.33. The van der Waals surface area contributed by atoms with Crippen LogP contribution in [0.4, 0.5) is 10.1 Å². The average Bonchev–Trinajstić information content (AvgIpc) is 2.82. The standard InChI is InChI=1S/C13H13ClFNO3/c14-10-6-9(15)3-4-11(10)16-12(17)7-1-2-8(5-7)13(18)19/h3-4,6-8H,1-2,5H2,(H,16,17)(H,18,19)/t7-,8+/m1/s1. The van der Waals surface area contributed by atoms with E-state index in [0.29, 0.717) is 24.9 Å². The number of carboxylic acids is 1. The Hall–Kier alpha value is -1.62. The fourth-order valence-electron chi connectivity index (χ4n) is 2.27. The molecule has 0 heterocycles. The van der Waals surface area contributed by atoms with Gasteiger partial charge in [-0.15, -0.1) is 0 Å². The van der Waals surface area contributed by atoms with Crippen LogP contribution in [-0.2, 0) is 9.59 Å². The molecule has 2 N–H and O–H groups in total. The maximum atomic E-state index is 12.9. The molecule has 6 heteroatoms. The van der Waals surface area contributed by atoms with Crippen LogP contribution in [-0.4, -0.2) is 17.0 Å². The number of nitrogens with one attached hydrogen (secondary N) is 1. The monoisotopic (exact) mass is 285 g/mol. The Morgan fingerprint density at radius 1 is 1.32 bits per heavy atom. The van der Waals surface area contributed by atoms with E-state index in [4.69, 9.17) is 16.7 Å². The Morgan fingerprint density at radius 2 is 2.00 bits per heavy atom. The number of hydrogen-bond donors (Lipinski definition) is 2. The molecule has 0 aromatic heterocycles. The van der Waals surface area contributed by atoms with Crippen molar-refractivity contribution in [3.05, 3.63) is 29.0 Å². The van der Waals surface area contributed by atoms with Gasteiger partial charge in [0, 0.05) is 5.92 Å². The van der Waals surface area contributed by atoms with E-state index in [1.807, 2.05) is 0 Å². The third-order valence-electron chi connectivity index (χ3n) is 3.34. The molecule has 2 atom stereocenters. The van der Waals surface area contributed by atoms with Crippen LogP contribution in [0.25, 0.3) is 0 Å². The number of halogens is 2. The second-order valence-corrected chi connectivity index (χ2v) is 5.07. The number of carboxylic acid groups (broad SMARTS) is 1. The van der Waals surface area contributed by atoms with E-state index in [0.717, 1.165) is 6.07 Å². The molecule has 1 aromatic carbocycles. The lowest BCUT2D eigenvalue weighted by Gasteiger charge is -2.12. The van der Waals surface area contributed by atoms with Crippen LogP contribution in [0, 0.1) is 17.7 Å². The lowest BCUT2D eigenvalue weighted by molar-refractivity contribution is -0.141. The van der Waals surface area contributed by atoms with Crippen LogP contribution in [0.1, 0.15) is 19.3 Å². The summed E-state index contributed by atoms with van der Waals surface area (Å²) in [4.78, 5) is 22.8. The van der Waals surface area contributed by atoms with Crippen molar-refractivity contribution in [2.24, 2.45) is 11.8 Å². The summed E-state index contributed by atoms with van der Waals surface area (Å²) in [6.07, 6.45) is 1.38. The molecule has 1 aromatic rings. The first-order valence-corrected chi connectivity index (χ1v) is 6.34. The van der Waals surface area contributed by atoms with E-state index < -0.39 is 17.7 Å². The first kappa shape index (κ1) is 13.8. The van der Waals surface area contributed by atoms with Crippen LogP contribution >= 0.6 is 11.6 Å². The number of benzene rings is 1. The van der Waals surface area contributed by atoms with Crippen LogP contribution < -0.4 is 5.32 Å². The minimum Gasteiger partial charge on any atom is -0.481 e. The Balaban J connectivity index is 2.00. The molecule has 1 aliphatic rings. The van der Waals surface area contributed by atoms with Crippen LogP contribution in [0.15, 0.2) is 18.2 Å². The third-order valence-corrected chi connectivity index (χ3v) is 3.65. The zero-order valence-electron chi connectivity index (χ0n) is 10.0. The lowest BCUT2D eigenvalue weighted by atomic mass is 10.0. The van der Waals surface area contributed by atoms with E-state index in [1.165, 1.54) is 12.1 Å². The molecule has 0 unspecified atom stereocenters. The minimum atomic E-state index is -0.866. The van der Waals surface area contributed by atoms with E-state index in [9.17, 15) is 14.0 Å². The van der Waals surface area contributed by atoms with Crippen molar-refractivity contribution in [3.8, 4) is 0 Å². The quantitative estimate of drug-likeness (QED) is 0.897. The summed E-state index contributed by atoms with van der Waals surface area (Å²) in [6, 6.07) is 3.71. The smallest absolute Gasteiger partial charge is 0.306 e. The summed E-state index contributed by atoms with van der Waals surface area (Å²) in [5, 5.41) is 11.6. The molecule has 0 saturated heterocycles. The first-order chi connectivity index (χ1) is 8.97. The number of anilines is 1. The van der Waals surface area contributed by atoms with E-state index in [1.54, 1.807) is 0 Å². The van der Waals surface area contributed by atoms with E-state index in [2.05, 4.69) is 5.32 Å². The largest absolute Gasteiger partial charge is 0.481 e. The summed E-state index contributed by atoms with van der Waals surface area (Å²) in [5.74, 6) is -2.40. The van der Waals surface area contributed by atoms with Crippen molar-refractivity contribution in [1.82, 2.24) is 0 Å². The summed E-state index contributed by atoms with van der Waals surface area (Å²) < 4.78 is 12.9. The molecule has 1 saturated carbocycles. The molecule has 1 aliphatic carbocycles. The second kappa shape index (κ2) is 5.57. The number of carbonyl (C=O) groups excluding carboxylic acids is 1. The van der Waals surface area contributed by atoms with Crippen molar-refractivity contribution in [3.63, 3.8) is 0 Å². The van der Waals surface area contributed by atoms with Gasteiger partial charge in [-0.2, -0.15) is 0 Å². The highest BCUT2D eigenvalue weighted by Crippen LogP contribution is 2.32. The van der Waals surface area contributed by atoms with Gasteiger partial charge in [-0.05, 0) is 37.5 Å². The zero-order chi connectivity index (χ0) is 14.0. The zero-order valence-corrected chi connectivity index (χ0v) is 10.8. The number of aliphatic carboxylic acids is 1. The van der Waals surface area contributed by atoms with Gasteiger partial charge in [0.25, 0.3) is 0 Å². The summed E-state index contributed by atoms with van der Waals surface area (Å²) in [6.45, 7) is 0. The third kappa shape index (κ3) is 3.23. The summed E-state index contributed by atoms with van der Waals surface area (Å²) in [5.41, 5.74) is 0.340. The van der Waals surface area contributed by atoms with Gasteiger partial charge in [0.15, 0.2) is 0 Å². The van der Waals surface area contributed by atoms with Gasteiger partial charge in [0.1, 0.15) is 5.82 Å². The molecule has 2 rings (SSSR count). The highest BCUT2D eigenvalue weighted by molar-refractivity contribution is 6.33. The molecule has 1 fully saturated rings. The number of amides is 1. The predicted molar refractivity (Wildman–Crippen MR) is 68.5 cm³/mol. The SMILES string of the molecule is O=C(O)[C@H]1CC[C@@H](C(=O)Nc2ccc(F)cc2Cl)C1. The van der Waals surface area contributed by atoms with Crippen molar-refractivity contribution in [2.75, 3.05) is 5.32 Å². The number of carbonyl (C=O) groups is 2.